The van der Waals surface area contributed by atoms with Gasteiger partial charge in [0.15, 0.2) is 0 Å². The van der Waals surface area contributed by atoms with Crippen molar-refractivity contribution in [3.63, 3.8) is 0 Å². The van der Waals surface area contributed by atoms with Gasteiger partial charge in [-0.05, 0) is 32.0 Å². The molecule has 0 radical (unpaired) electrons. The first-order chi connectivity index (χ1) is 9.35. The standard InChI is InChI=1S/C16H28N2O/c1-3-17-12-16-14(10-11-19-16)13-18(4-2)15-8-6-5-7-9-15/h10-11,15,17H,3-9,12-13H2,1-2H3. The molecule has 2 rings (SSSR count). The monoisotopic (exact) mass is 264 g/mol. The summed E-state index contributed by atoms with van der Waals surface area (Å²) in [6.45, 7) is 8.41. The van der Waals surface area contributed by atoms with Gasteiger partial charge >= 0.3 is 0 Å². The van der Waals surface area contributed by atoms with Gasteiger partial charge < -0.3 is 9.73 Å². The minimum Gasteiger partial charge on any atom is -0.468 e. The fraction of sp³-hybridized carbons (Fsp3) is 0.750. The third kappa shape index (κ3) is 4.08. The Morgan fingerprint density at radius 2 is 2.05 bits per heavy atom. The Balaban J connectivity index is 1.95. The SMILES string of the molecule is CCNCc1occc1CN(CC)C1CCCCC1. The molecule has 0 saturated heterocycles. The fourth-order valence-corrected chi connectivity index (χ4v) is 3.07. The lowest BCUT2D eigenvalue weighted by Crippen LogP contribution is -2.36. The Kier molecular flexibility index (Phi) is 5.93. The van der Waals surface area contributed by atoms with Gasteiger partial charge in [0, 0.05) is 18.2 Å². The number of rotatable bonds is 7. The smallest absolute Gasteiger partial charge is 0.122 e. The predicted molar refractivity (Wildman–Crippen MR) is 79.0 cm³/mol. The van der Waals surface area contributed by atoms with Crippen molar-refractivity contribution in [1.82, 2.24) is 10.2 Å². The Hall–Kier alpha value is -0.800. The first-order valence-electron chi connectivity index (χ1n) is 7.85. The van der Waals surface area contributed by atoms with Gasteiger partial charge in [0.1, 0.15) is 5.76 Å². The maximum Gasteiger partial charge on any atom is 0.122 e. The molecule has 0 unspecified atom stereocenters. The minimum absolute atomic E-state index is 0.778. The molecule has 1 aliphatic rings. The molecule has 0 bridgehead atoms. The fourth-order valence-electron chi connectivity index (χ4n) is 3.07. The van der Waals surface area contributed by atoms with Crippen LogP contribution in [0, 0.1) is 0 Å². The van der Waals surface area contributed by atoms with Gasteiger partial charge in [0.25, 0.3) is 0 Å². The molecular formula is C16H28N2O. The predicted octanol–water partition coefficient (Wildman–Crippen LogP) is 3.54. The van der Waals surface area contributed by atoms with Gasteiger partial charge in [0.2, 0.25) is 0 Å². The molecule has 0 amide bonds. The van der Waals surface area contributed by atoms with E-state index in [1.165, 1.54) is 37.7 Å². The molecule has 1 fully saturated rings. The van der Waals surface area contributed by atoms with Crippen LogP contribution in [0.3, 0.4) is 0 Å². The molecule has 1 aromatic heterocycles. The summed E-state index contributed by atoms with van der Waals surface area (Å²) in [7, 11) is 0. The maximum atomic E-state index is 5.61. The van der Waals surface area contributed by atoms with Crippen LogP contribution in [0.4, 0.5) is 0 Å². The average molecular weight is 264 g/mol. The number of nitrogens with zero attached hydrogens (tertiary/aromatic N) is 1. The van der Waals surface area contributed by atoms with Crippen molar-refractivity contribution in [3.8, 4) is 0 Å². The van der Waals surface area contributed by atoms with E-state index in [-0.39, 0.29) is 0 Å². The second kappa shape index (κ2) is 7.71. The van der Waals surface area contributed by atoms with E-state index in [1.807, 2.05) is 6.26 Å². The van der Waals surface area contributed by atoms with Crippen LogP contribution in [-0.4, -0.2) is 24.0 Å². The van der Waals surface area contributed by atoms with Crippen LogP contribution < -0.4 is 5.32 Å². The Labute approximate surface area is 117 Å². The topological polar surface area (TPSA) is 28.4 Å². The normalized spacial score (nSPS) is 17.2. The van der Waals surface area contributed by atoms with Crippen LogP contribution in [0.25, 0.3) is 0 Å². The van der Waals surface area contributed by atoms with Gasteiger partial charge in [-0.25, -0.2) is 0 Å². The average Bonchev–Trinajstić information content (AvgIpc) is 2.90. The van der Waals surface area contributed by atoms with E-state index in [0.29, 0.717) is 0 Å². The number of hydrogen-bond acceptors (Lipinski definition) is 3. The number of hydrogen-bond donors (Lipinski definition) is 1. The molecular weight excluding hydrogens is 236 g/mol. The Morgan fingerprint density at radius 1 is 1.26 bits per heavy atom. The molecule has 1 saturated carbocycles. The van der Waals surface area contributed by atoms with E-state index in [0.717, 1.165) is 38.0 Å². The van der Waals surface area contributed by atoms with Crippen LogP contribution in [0.15, 0.2) is 16.7 Å². The van der Waals surface area contributed by atoms with E-state index in [4.69, 9.17) is 4.42 Å². The molecule has 0 aromatic carbocycles. The van der Waals surface area contributed by atoms with Crippen molar-refractivity contribution in [2.45, 2.75) is 65.1 Å². The minimum atomic E-state index is 0.778. The Bertz CT molecular complexity index is 355. The summed E-state index contributed by atoms with van der Waals surface area (Å²) in [4.78, 5) is 2.62. The quantitative estimate of drug-likeness (QED) is 0.816. The highest BCUT2D eigenvalue weighted by molar-refractivity contribution is 5.17. The van der Waals surface area contributed by atoms with Crippen LogP contribution in [0.2, 0.25) is 0 Å². The van der Waals surface area contributed by atoms with Crippen molar-refractivity contribution in [1.29, 1.82) is 0 Å². The first kappa shape index (κ1) is 14.6. The molecule has 3 nitrogen and oxygen atoms in total. The van der Waals surface area contributed by atoms with Crippen molar-refractivity contribution >= 4 is 0 Å². The number of nitrogens with one attached hydrogen (secondary N) is 1. The molecule has 0 atom stereocenters. The molecule has 0 aliphatic heterocycles. The van der Waals surface area contributed by atoms with Gasteiger partial charge in [-0.1, -0.05) is 33.1 Å². The second-order valence-corrected chi connectivity index (χ2v) is 5.50. The van der Waals surface area contributed by atoms with Gasteiger partial charge in [-0.15, -0.1) is 0 Å². The lowest BCUT2D eigenvalue weighted by Gasteiger charge is -2.33. The molecule has 19 heavy (non-hydrogen) atoms. The van der Waals surface area contributed by atoms with Gasteiger partial charge in [-0.3, -0.25) is 4.90 Å². The summed E-state index contributed by atoms with van der Waals surface area (Å²) in [6.07, 6.45) is 8.79. The third-order valence-corrected chi connectivity index (χ3v) is 4.24. The van der Waals surface area contributed by atoms with Crippen LogP contribution >= 0.6 is 0 Å². The summed E-state index contributed by atoms with van der Waals surface area (Å²) in [5, 5.41) is 3.35. The first-order valence-corrected chi connectivity index (χ1v) is 7.85. The van der Waals surface area contributed by atoms with Crippen LogP contribution in [-0.2, 0) is 13.1 Å². The van der Waals surface area contributed by atoms with E-state index in [2.05, 4.69) is 30.1 Å². The van der Waals surface area contributed by atoms with Crippen LogP contribution in [0.1, 0.15) is 57.3 Å². The van der Waals surface area contributed by atoms with E-state index in [1.54, 1.807) is 0 Å². The highest BCUT2D eigenvalue weighted by Gasteiger charge is 2.21. The highest BCUT2D eigenvalue weighted by Crippen LogP contribution is 2.24. The summed E-state index contributed by atoms with van der Waals surface area (Å²) >= 11 is 0. The lowest BCUT2D eigenvalue weighted by atomic mass is 9.94. The molecule has 108 valence electrons. The zero-order valence-corrected chi connectivity index (χ0v) is 12.5. The van der Waals surface area contributed by atoms with Crippen LogP contribution in [0.5, 0.6) is 0 Å². The molecule has 0 spiro atoms. The molecule has 1 heterocycles. The Morgan fingerprint density at radius 3 is 2.74 bits per heavy atom. The van der Waals surface area contributed by atoms with Crippen molar-refractivity contribution in [2.24, 2.45) is 0 Å². The van der Waals surface area contributed by atoms with Gasteiger partial charge in [-0.2, -0.15) is 0 Å². The van der Waals surface area contributed by atoms with E-state index >= 15 is 0 Å². The zero-order chi connectivity index (χ0) is 13.5. The molecule has 1 N–H and O–H groups in total. The molecule has 1 aliphatic carbocycles. The summed E-state index contributed by atoms with van der Waals surface area (Å²) in [6, 6.07) is 2.92. The second-order valence-electron chi connectivity index (χ2n) is 5.50. The van der Waals surface area contributed by atoms with Crippen molar-refractivity contribution in [2.75, 3.05) is 13.1 Å². The largest absolute Gasteiger partial charge is 0.468 e. The maximum absolute atomic E-state index is 5.61. The summed E-state index contributed by atoms with van der Waals surface area (Å²) in [5.41, 5.74) is 1.35. The van der Waals surface area contributed by atoms with Crippen molar-refractivity contribution in [3.05, 3.63) is 23.7 Å². The van der Waals surface area contributed by atoms with E-state index < -0.39 is 0 Å². The van der Waals surface area contributed by atoms with Crippen molar-refractivity contribution < 1.29 is 4.42 Å². The lowest BCUT2D eigenvalue weighted by molar-refractivity contribution is 0.155. The third-order valence-electron chi connectivity index (χ3n) is 4.24. The van der Waals surface area contributed by atoms with E-state index in [9.17, 15) is 0 Å². The summed E-state index contributed by atoms with van der Waals surface area (Å²) < 4.78 is 5.61. The number of furan rings is 1. The summed E-state index contributed by atoms with van der Waals surface area (Å²) in [5.74, 6) is 1.11. The molecule has 3 heteroatoms. The molecule has 1 aromatic rings. The van der Waals surface area contributed by atoms with Gasteiger partial charge in [0.05, 0.1) is 12.8 Å². The zero-order valence-electron chi connectivity index (χ0n) is 12.5. The highest BCUT2D eigenvalue weighted by atomic mass is 16.3.